The number of likely N-dealkylation sites (N-methyl/N-ethyl adjacent to an activating group) is 1. The van der Waals surface area contributed by atoms with E-state index in [0.29, 0.717) is 12.6 Å². The Morgan fingerprint density at radius 1 is 1.27 bits per heavy atom. The minimum atomic E-state index is -3.17. The van der Waals surface area contributed by atoms with Crippen molar-refractivity contribution in [2.45, 2.75) is 39.2 Å². The third kappa shape index (κ3) is 8.13. The van der Waals surface area contributed by atoms with Crippen molar-refractivity contribution in [3.63, 3.8) is 0 Å². The molecule has 1 amide bonds. The van der Waals surface area contributed by atoms with Crippen LogP contribution < -0.4 is 5.09 Å². The molecule has 0 spiro atoms. The van der Waals surface area contributed by atoms with Gasteiger partial charge in [-0.2, -0.15) is 0 Å². The van der Waals surface area contributed by atoms with Crippen molar-refractivity contribution in [2.24, 2.45) is 0 Å². The molecule has 0 aromatic heterocycles. The van der Waals surface area contributed by atoms with E-state index < -0.39 is 32.0 Å². The van der Waals surface area contributed by atoms with E-state index >= 15 is 0 Å². The quantitative estimate of drug-likeness (QED) is 0.425. The second kappa shape index (κ2) is 11.1. The van der Waals surface area contributed by atoms with Crippen LogP contribution in [0.15, 0.2) is 30.3 Å². The summed E-state index contributed by atoms with van der Waals surface area (Å²) in [6.07, 6.45) is 2.78. The Bertz CT molecular complexity index is 623. The summed E-state index contributed by atoms with van der Waals surface area (Å²) < 4.78 is 18.4. The van der Waals surface area contributed by atoms with Gasteiger partial charge in [0.2, 0.25) is 5.91 Å². The molecular weight excluding hydrogens is 355 g/mol. The van der Waals surface area contributed by atoms with Gasteiger partial charge in [0, 0.05) is 13.2 Å². The zero-order valence-electron chi connectivity index (χ0n) is 15.7. The molecule has 0 bridgehead atoms. The summed E-state index contributed by atoms with van der Waals surface area (Å²) in [5, 5.41) is 11.6. The molecule has 0 aliphatic carbocycles. The monoisotopic (exact) mass is 384 g/mol. The van der Waals surface area contributed by atoms with Crippen LogP contribution in [0, 0.1) is 0 Å². The highest BCUT2D eigenvalue weighted by Crippen LogP contribution is 2.43. The lowest BCUT2D eigenvalue weighted by atomic mass is 10.1. The average Bonchev–Trinajstić information content (AvgIpc) is 2.58. The van der Waals surface area contributed by atoms with Crippen LogP contribution in [0.1, 0.15) is 32.3 Å². The van der Waals surface area contributed by atoms with Crippen molar-refractivity contribution >= 4 is 19.4 Å². The second-order valence-corrected chi connectivity index (χ2v) is 8.51. The number of nitrogens with one attached hydrogen (secondary N) is 1. The molecule has 0 radical (unpaired) electrons. The number of carboxylic acid groups (broad SMARTS) is 1. The van der Waals surface area contributed by atoms with Crippen molar-refractivity contribution in [2.75, 3.05) is 26.4 Å². The Hall–Kier alpha value is -1.69. The minimum Gasteiger partial charge on any atom is -0.480 e. The highest BCUT2D eigenvalue weighted by atomic mass is 31.2. The standard InChI is InChI=1S/C18H29N2O5P/c1-4-25-26(24,13-9-8-12-16-10-6-5-7-11-16)19-15(2)18(23)20(3)14-17(21)22/h5-7,10-11,15H,4,8-9,12-14H2,1-3H3,(H,19,24)(H,21,22)/t15-,26?/m0/s1. The molecule has 8 heteroatoms. The van der Waals surface area contributed by atoms with Crippen LogP contribution in [0.5, 0.6) is 0 Å². The van der Waals surface area contributed by atoms with E-state index in [1.807, 2.05) is 18.2 Å². The number of carboxylic acids is 1. The maximum atomic E-state index is 13.0. The average molecular weight is 384 g/mol. The van der Waals surface area contributed by atoms with E-state index in [9.17, 15) is 14.2 Å². The highest BCUT2D eigenvalue weighted by molar-refractivity contribution is 7.56. The Kier molecular flexibility index (Phi) is 9.55. The third-order valence-corrected chi connectivity index (χ3v) is 6.22. The van der Waals surface area contributed by atoms with E-state index in [2.05, 4.69) is 17.2 Å². The third-order valence-electron chi connectivity index (χ3n) is 3.86. The fourth-order valence-corrected chi connectivity index (χ4v) is 4.72. The van der Waals surface area contributed by atoms with Gasteiger partial charge in [0.25, 0.3) is 7.52 Å². The predicted octanol–water partition coefficient (Wildman–Crippen LogP) is 2.76. The molecular formula is C18H29N2O5P. The fourth-order valence-electron chi connectivity index (χ4n) is 2.63. The SMILES string of the molecule is CCOP(=O)(CCCCc1ccccc1)N[C@@H](C)C(=O)N(C)CC(=O)O. The van der Waals surface area contributed by atoms with Gasteiger partial charge in [-0.15, -0.1) is 0 Å². The normalized spacial score (nSPS) is 14.4. The lowest BCUT2D eigenvalue weighted by Gasteiger charge is -2.25. The number of hydrogen-bond acceptors (Lipinski definition) is 4. The Morgan fingerprint density at radius 2 is 1.92 bits per heavy atom. The van der Waals surface area contributed by atoms with Crippen LogP contribution >= 0.6 is 7.52 Å². The number of rotatable bonds is 12. The molecule has 7 nitrogen and oxygen atoms in total. The molecule has 0 aliphatic heterocycles. The largest absolute Gasteiger partial charge is 0.480 e. The lowest BCUT2D eigenvalue weighted by Crippen LogP contribution is -2.44. The summed E-state index contributed by atoms with van der Waals surface area (Å²) in [6, 6.07) is 9.27. The summed E-state index contributed by atoms with van der Waals surface area (Å²) in [5.74, 6) is -1.53. The number of amides is 1. The zero-order chi connectivity index (χ0) is 19.6. The van der Waals surface area contributed by atoms with Gasteiger partial charge in [-0.05, 0) is 38.7 Å². The molecule has 2 atom stereocenters. The zero-order valence-corrected chi connectivity index (χ0v) is 16.6. The molecule has 0 saturated heterocycles. The number of aliphatic carboxylic acids is 1. The number of benzene rings is 1. The van der Waals surface area contributed by atoms with Crippen molar-refractivity contribution < 1.29 is 23.8 Å². The Morgan fingerprint density at radius 3 is 2.50 bits per heavy atom. The first-order chi connectivity index (χ1) is 12.3. The number of aryl methyl sites for hydroxylation is 1. The smallest absolute Gasteiger partial charge is 0.323 e. The summed E-state index contributed by atoms with van der Waals surface area (Å²) in [7, 11) is -1.77. The van der Waals surface area contributed by atoms with E-state index in [1.54, 1.807) is 13.8 Å². The van der Waals surface area contributed by atoms with Gasteiger partial charge in [0.15, 0.2) is 0 Å². The van der Waals surface area contributed by atoms with Crippen LogP contribution in [0.25, 0.3) is 0 Å². The number of unbranched alkanes of at least 4 members (excludes halogenated alkanes) is 1. The summed E-state index contributed by atoms with van der Waals surface area (Å²) >= 11 is 0. The number of hydrogen-bond donors (Lipinski definition) is 2. The number of carbonyl (C=O) groups excluding carboxylic acids is 1. The maximum absolute atomic E-state index is 13.0. The number of nitrogens with zero attached hydrogens (tertiary/aromatic N) is 1. The van der Waals surface area contributed by atoms with Crippen molar-refractivity contribution in [1.82, 2.24) is 9.99 Å². The highest BCUT2D eigenvalue weighted by Gasteiger charge is 2.29. The fraction of sp³-hybridized carbons (Fsp3) is 0.556. The summed E-state index contributed by atoms with van der Waals surface area (Å²) in [6.45, 7) is 3.19. The second-order valence-electron chi connectivity index (χ2n) is 6.20. The van der Waals surface area contributed by atoms with Gasteiger partial charge >= 0.3 is 5.97 Å². The minimum absolute atomic E-state index is 0.273. The first-order valence-corrected chi connectivity index (χ1v) is 10.6. The van der Waals surface area contributed by atoms with Crippen LogP contribution in [0.2, 0.25) is 0 Å². The molecule has 1 unspecified atom stereocenters. The molecule has 146 valence electrons. The molecule has 26 heavy (non-hydrogen) atoms. The van der Waals surface area contributed by atoms with Crippen molar-refractivity contribution in [1.29, 1.82) is 0 Å². The number of carbonyl (C=O) groups is 2. The van der Waals surface area contributed by atoms with Crippen LogP contribution in [0.4, 0.5) is 0 Å². The Labute approximate surface area is 155 Å². The van der Waals surface area contributed by atoms with Gasteiger partial charge in [0.1, 0.15) is 6.54 Å². The summed E-state index contributed by atoms with van der Waals surface area (Å²) in [4.78, 5) is 24.0. The van der Waals surface area contributed by atoms with Gasteiger partial charge in [-0.1, -0.05) is 30.3 Å². The molecule has 1 rings (SSSR count). The van der Waals surface area contributed by atoms with E-state index in [1.165, 1.54) is 12.6 Å². The van der Waals surface area contributed by atoms with E-state index in [-0.39, 0.29) is 6.61 Å². The van der Waals surface area contributed by atoms with E-state index in [0.717, 1.165) is 17.7 Å². The molecule has 0 fully saturated rings. The van der Waals surface area contributed by atoms with Gasteiger partial charge < -0.3 is 14.5 Å². The van der Waals surface area contributed by atoms with E-state index in [4.69, 9.17) is 9.63 Å². The first-order valence-electron chi connectivity index (χ1n) is 8.79. The van der Waals surface area contributed by atoms with Crippen LogP contribution in [0.3, 0.4) is 0 Å². The van der Waals surface area contributed by atoms with Gasteiger partial charge in [-0.25, -0.2) is 5.09 Å². The summed E-state index contributed by atoms with van der Waals surface area (Å²) in [5.41, 5.74) is 1.23. The van der Waals surface area contributed by atoms with Crippen LogP contribution in [-0.4, -0.2) is 54.3 Å². The van der Waals surface area contributed by atoms with Crippen molar-refractivity contribution in [3.8, 4) is 0 Å². The topological polar surface area (TPSA) is 95.9 Å². The van der Waals surface area contributed by atoms with Gasteiger partial charge in [0.05, 0.1) is 12.6 Å². The van der Waals surface area contributed by atoms with Gasteiger partial charge in [-0.3, -0.25) is 14.2 Å². The molecule has 0 saturated carbocycles. The molecule has 1 aromatic rings. The molecule has 1 aromatic carbocycles. The van der Waals surface area contributed by atoms with Crippen LogP contribution in [-0.2, 0) is 25.1 Å². The maximum Gasteiger partial charge on any atom is 0.323 e. The Balaban J connectivity index is 2.54. The predicted molar refractivity (Wildman–Crippen MR) is 101 cm³/mol. The molecule has 0 heterocycles. The molecule has 0 aliphatic rings. The lowest BCUT2D eigenvalue weighted by molar-refractivity contribution is -0.143. The first kappa shape index (κ1) is 22.4. The molecule has 2 N–H and O–H groups in total. The van der Waals surface area contributed by atoms with Crippen molar-refractivity contribution in [3.05, 3.63) is 35.9 Å².